The van der Waals surface area contributed by atoms with E-state index < -0.39 is 0 Å². The largest absolute Gasteiger partial charge is 0.483 e. The van der Waals surface area contributed by atoms with Gasteiger partial charge in [0.1, 0.15) is 5.75 Å². The van der Waals surface area contributed by atoms with Gasteiger partial charge in [-0.3, -0.25) is 4.79 Å². The molecule has 1 aliphatic heterocycles. The Morgan fingerprint density at radius 3 is 2.76 bits per heavy atom. The van der Waals surface area contributed by atoms with E-state index >= 15 is 0 Å². The monoisotopic (exact) mass is 405 g/mol. The third-order valence-corrected chi connectivity index (χ3v) is 4.53. The molecule has 0 fully saturated rings. The molecule has 2 aromatic carbocycles. The lowest BCUT2D eigenvalue weighted by atomic mass is 10.0. The number of carbonyl (C=O) groups is 1. The van der Waals surface area contributed by atoms with Gasteiger partial charge < -0.3 is 19.5 Å². The maximum Gasteiger partial charge on any atom is 0.258 e. The first-order valence-electron chi connectivity index (χ1n) is 8.10. The molecule has 0 atom stereocenters. The molecule has 0 aliphatic carbocycles. The zero-order valence-electron chi connectivity index (χ0n) is 14.2. The third kappa shape index (κ3) is 4.45. The fourth-order valence-corrected chi connectivity index (χ4v) is 2.95. The van der Waals surface area contributed by atoms with Gasteiger partial charge in [-0.2, -0.15) is 0 Å². The lowest BCUT2D eigenvalue weighted by Crippen LogP contribution is -2.28. The summed E-state index contributed by atoms with van der Waals surface area (Å²) in [6.45, 7) is 4.87. The van der Waals surface area contributed by atoms with Crippen LogP contribution in [-0.2, 0) is 11.3 Å². The number of benzene rings is 2. The smallest absolute Gasteiger partial charge is 0.258 e. The highest BCUT2D eigenvalue weighted by atomic mass is 79.9. The molecule has 3 rings (SSSR count). The highest BCUT2D eigenvalue weighted by Gasteiger charge is 2.13. The molecule has 1 N–H and O–H groups in total. The van der Waals surface area contributed by atoms with Crippen LogP contribution >= 0.6 is 15.9 Å². The Hall–Kier alpha value is -2.21. The Morgan fingerprint density at radius 2 is 2.00 bits per heavy atom. The number of halogens is 1. The fraction of sp³-hybridized carbons (Fsp3) is 0.316. The molecule has 25 heavy (non-hydrogen) atoms. The highest BCUT2D eigenvalue weighted by molar-refractivity contribution is 9.10. The van der Waals surface area contributed by atoms with Crippen molar-refractivity contribution in [3.05, 3.63) is 52.0 Å². The third-order valence-electron chi connectivity index (χ3n) is 3.91. The van der Waals surface area contributed by atoms with Crippen LogP contribution in [0, 0.1) is 0 Å². The molecule has 0 bridgehead atoms. The number of carbonyl (C=O) groups excluding carboxylic acids is 1. The molecular formula is C19H20BrNO4. The van der Waals surface area contributed by atoms with Gasteiger partial charge in [-0.15, -0.1) is 0 Å². The van der Waals surface area contributed by atoms with E-state index in [4.69, 9.17) is 14.2 Å². The number of nitrogens with one attached hydrogen (secondary N) is 1. The number of hydrogen-bond donors (Lipinski definition) is 1. The summed E-state index contributed by atoms with van der Waals surface area (Å²) in [5.41, 5.74) is 2.16. The van der Waals surface area contributed by atoms with Gasteiger partial charge in [-0.05, 0) is 57.2 Å². The normalized spacial score (nSPS) is 12.3. The Bertz CT molecular complexity index is 776. The molecule has 0 saturated heterocycles. The second-order valence-electron chi connectivity index (χ2n) is 6.10. The SMILES string of the molecule is CC(C)c1ccc(OCC(=O)NCc2ccc3c(c2)OCO3)c(Br)c1. The predicted molar refractivity (Wildman–Crippen MR) is 98.1 cm³/mol. The molecule has 0 saturated carbocycles. The minimum absolute atomic E-state index is 0.0375. The van der Waals surface area contributed by atoms with E-state index in [1.165, 1.54) is 5.56 Å². The summed E-state index contributed by atoms with van der Waals surface area (Å²) in [7, 11) is 0. The van der Waals surface area contributed by atoms with Crippen LogP contribution < -0.4 is 19.5 Å². The maximum atomic E-state index is 12.0. The summed E-state index contributed by atoms with van der Waals surface area (Å²) >= 11 is 3.49. The minimum Gasteiger partial charge on any atom is -0.483 e. The Morgan fingerprint density at radius 1 is 1.20 bits per heavy atom. The van der Waals surface area contributed by atoms with E-state index in [9.17, 15) is 4.79 Å². The first kappa shape index (κ1) is 17.6. The van der Waals surface area contributed by atoms with Crippen molar-refractivity contribution in [1.82, 2.24) is 5.32 Å². The lowest BCUT2D eigenvalue weighted by molar-refractivity contribution is -0.123. The Balaban J connectivity index is 1.50. The van der Waals surface area contributed by atoms with E-state index in [-0.39, 0.29) is 19.3 Å². The average Bonchev–Trinajstić information content (AvgIpc) is 3.06. The number of amides is 1. The number of fused-ring (bicyclic) bond motifs is 1. The second-order valence-corrected chi connectivity index (χ2v) is 6.95. The molecule has 0 unspecified atom stereocenters. The number of rotatable bonds is 6. The predicted octanol–water partition coefficient (Wildman–Crippen LogP) is 4.00. The molecule has 0 aromatic heterocycles. The molecule has 1 heterocycles. The summed E-state index contributed by atoms with van der Waals surface area (Å²) in [6.07, 6.45) is 0. The van der Waals surface area contributed by atoms with Gasteiger partial charge in [-0.25, -0.2) is 0 Å². The van der Waals surface area contributed by atoms with Crippen LogP contribution in [0.2, 0.25) is 0 Å². The maximum absolute atomic E-state index is 12.0. The van der Waals surface area contributed by atoms with E-state index in [0.717, 1.165) is 15.8 Å². The van der Waals surface area contributed by atoms with E-state index in [1.807, 2.05) is 36.4 Å². The molecule has 0 spiro atoms. The van der Waals surface area contributed by atoms with Crippen molar-refractivity contribution >= 4 is 21.8 Å². The molecule has 1 aliphatic rings. The van der Waals surface area contributed by atoms with Crippen LogP contribution in [0.5, 0.6) is 17.2 Å². The topological polar surface area (TPSA) is 56.8 Å². The zero-order valence-corrected chi connectivity index (χ0v) is 15.8. The first-order chi connectivity index (χ1) is 12.0. The van der Waals surface area contributed by atoms with E-state index in [0.29, 0.717) is 24.0 Å². The van der Waals surface area contributed by atoms with Gasteiger partial charge in [0.25, 0.3) is 5.91 Å². The molecule has 5 nitrogen and oxygen atoms in total. The van der Waals surface area contributed by atoms with Gasteiger partial charge in [0.15, 0.2) is 18.1 Å². The number of ether oxygens (including phenoxy) is 3. The van der Waals surface area contributed by atoms with Gasteiger partial charge in [0, 0.05) is 6.54 Å². The molecule has 2 aromatic rings. The summed E-state index contributed by atoms with van der Waals surface area (Å²) < 4.78 is 17.0. The van der Waals surface area contributed by atoms with Crippen molar-refractivity contribution in [1.29, 1.82) is 0 Å². The summed E-state index contributed by atoms with van der Waals surface area (Å²) in [5, 5.41) is 2.83. The van der Waals surface area contributed by atoms with Crippen LogP contribution in [0.25, 0.3) is 0 Å². The second kappa shape index (κ2) is 7.78. The van der Waals surface area contributed by atoms with Crippen LogP contribution in [-0.4, -0.2) is 19.3 Å². The zero-order chi connectivity index (χ0) is 17.8. The quantitative estimate of drug-likeness (QED) is 0.788. The van der Waals surface area contributed by atoms with Crippen molar-refractivity contribution in [3.8, 4) is 17.2 Å². The van der Waals surface area contributed by atoms with Crippen molar-refractivity contribution in [3.63, 3.8) is 0 Å². The van der Waals surface area contributed by atoms with Crippen LogP contribution in [0.1, 0.15) is 30.9 Å². The minimum atomic E-state index is -0.183. The van der Waals surface area contributed by atoms with Crippen molar-refractivity contribution in [2.75, 3.05) is 13.4 Å². The molecule has 1 amide bonds. The lowest BCUT2D eigenvalue weighted by Gasteiger charge is -2.11. The van der Waals surface area contributed by atoms with Gasteiger partial charge in [-0.1, -0.05) is 26.0 Å². The standard InChI is InChI=1S/C19H20BrNO4/c1-12(2)14-4-6-16(15(20)8-14)23-10-19(22)21-9-13-3-5-17-18(7-13)25-11-24-17/h3-8,12H,9-11H2,1-2H3,(H,21,22). The van der Waals surface area contributed by atoms with Crippen molar-refractivity contribution in [2.45, 2.75) is 26.3 Å². The van der Waals surface area contributed by atoms with Gasteiger partial charge >= 0.3 is 0 Å². The van der Waals surface area contributed by atoms with Crippen molar-refractivity contribution < 1.29 is 19.0 Å². The van der Waals surface area contributed by atoms with Gasteiger partial charge in [0.05, 0.1) is 4.47 Å². The summed E-state index contributed by atoms with van der Waals surface area (Å²) in [4.78, 5) is 12.0. The molecular weight excluding hydrogens is 386 g/mol. The van der Waals surface area contributed by atoms with Crippen LogP contribution in [0.15, 0.2) is 40.9 Å². The fourth-order valence-electron chi connectivity index (χ4n) is 2.44. The Labute approximate surface area is 155 Å². The summed E-state index contributed by atoms with van der Waals surface area (Å²) in [6, 6.07) is 11.5. The molecule has 6 heteroatoms. The molecule has 0 radical (unpaired) electrons. The highest BCUT2D eigenvalue weighted by Crippen LogP contribution is 2.32. The number of hydrogen-bond acceptors (Lipinski definition) is 4. The first-order valence-corrected chi connectivity index (χ1v) is 8.89. The van der Waals surface area contributed by atoms with Gasteiger partial charge in [0.2, 0.25) is 6.79 Å². The van der Waals surface area contributed by atoms with E-state index in [2.05, 4.69) is 35.1 Å². The van der Waals surface area contributed by atoms with E-state index in [1.54, 1.807) is 0 Å². The van der Waals surface area contributed by atoms with Crippen LogP contribution in [0.3, 0.4) is 0 Å². The molecule has 132 valence electrons. The summed E-state index contributed by atoms with van der Waals surface area (Å²) in [5.74, 6) is 2.35. The average molecular weight is 406 g/mol. The van der Waals surface area contributed by atoms with Crippen molar-refractivity contribution in [2.24, 2.45) is 0 Å². The Kier molecular flexibility index (Phi) is 5.48. The van der Waals surface area contributed by atoms with Crippen LogP contribution in [0.4, 0.5) is 0 Å².